The second-order valence-corrected chi connectivity index (χ2v) is 6.77. The van der Waals surface area contributed by atoms with Crippen molar-refractivity contribution in [2.24, 2.45) is 5.92 Å². The van der Waals surface area contributed by atoms with Gasteiger partial charge in [0.25, 0.3) is 11.6 Å². The molecule has 0 saturated carbocycles. The maximum atomic E-state index is 12.7. The maximum absolute atomic E-state index is 12.7. The summed E-state index contributed by atoms with van der Waals surface area (Å²) in [4.78, 5) is 35.6. The van der Waals surface area contributed by atoms with Gasteiger partial charge >= 0.3 is 0 Å². The summed E-state index contributed by atoms with van der Waals surface area (Å²) >= 11 is 0. The zero-order chi connectivity index (χ0) is 20.0. The van der Waals surface area contributed by atoms with E-state index >= 15 is 0 Å². The van der Waals surface area contributed by atoms with E-state index in [-0.39, 0.29) is 17.5 Å². The summed E-state index contributed by atoms with van der Waals surface area (Å²) in [6.07, 6.45) is 0.443. The van der Waals surface area contributed by atoms with Crippen LogP contribution in [0.4, 0.5) is 11.4 Å². The Balaban J connectivity index is 2.16. The molecule has 0 bridgehead atoms. The second-order valence-electron chi connectivity index (χ2n) is 6.77. The van der Waals surface area contributed by atoms with E-state index in [0.717, 1.165) is 5.56 Å². The van der Waals surface area contributed by atoms with E-state index in [1.54, 1.807) is 18.2 Å². The number of nitrogens with zero attached hydrogens (tertiary/aromatic N) is 1. The molecule has 0 saturated heterocycles. The van der Waals surface area contributed by atoms with Crippen molar-refractivity contribution in [1.82, 2.24) is 5.32 Å². The lowest BCUT2D eigenvalue weighted by Gasteiger charge is -2.20. The van der Waals surface area contributed by atoms with Gasteiger partial charge in [-0.05, 0) is 37.0 Å². The average Bonchev–Trinajstić information content (AvgIpc) is 2.61. The number of amides is 2. The molecule has 7 heteroatoms. The van der Waals surface area contributed by atoms with Crippen molar-refractivity contribution in [3.63, 3.8) is 0 Å². The first-order chi connectivity index (χ1) is 12.8. The van der Waals surface area contributed by atoms with Gasteiger partial charge in [0, 0.05) is 23.4 Å². The molecule has 2 rings (SSSR count). The van der Waals surface area contributed by atoms with Gasteiger partial charge in [0.1, 0.15) is 6.04 Å². The molecule has 0 unspecified atom stereocenters. The fraction of sp³-hybridized carbons (Fsp3) is 0.300. The van der Waals surface area contributed by atoms with E-state index in [2.05, 4.69) is 10.6 Å². The van der Waals surface area contributed by atoms with Crippen LogP contribution in [0.15, 0.2) is 48.5 Å². The lowest BCUT2D eigenvalue weighted by atomic mass is 10.0. The molecule has 0 heterocycles. The van der Waals surface area contributed by atoms with Gasteiger partial charge in [-0.15, -0.1) is 0 Å². The van der Waals surface area contributed by atoms with E-state index in [4.69, 9.17) is 0 Å². The largest absolute Gasteiger partial charge is 0.340 e. The highest BCUT2D eigenvalue weighted by atomic mass is 16.6. The van der Waals surface area contributed by atoms with Crippen molar-refractivity contribution in [3.8, 4) is 0 Å². The molecule has 2 aromatic rings. The van der Waals surface area contributed by atoms with Crippen LogP contribution in [0, 0.1) is 23.0 Å². The van der Waals surface area contributed by atoms with Crippen LogP contribution in [0.3, 0.4) is 0 Å². The third kappa shape index (κ3) is 5.64. The number of non-ortho nitro benzene ring substituents is 1. The van der Waals surface area contributed by atoms with Gasteiger partial charge in [0.15, 0.2) is 0 Å². The molecule has 0 aromatic heterocycles. The second kappa shape index (κ2) is 8.93. The van der Waals surface area contributed by atoms with Gasteiger partial charge < -0.3 is 10.6 Å². The van der Waals surface area contributed by atoms with Crippen LogP contribution in [0.1, 0.15) is 36.2 Å². The zero-order valence-electron chi connectivity index (χ0n) is 15.6. The molecule has 7 nitrogen and oxygen atoms in total. The quantitative estimate of drug-likeness (QED) is 0.574. The van der Waals surface area contributed by atoms with Gasteiger partial charge in [-0.2, -0.15) is 0 Å². The number of nitrogens with one attached hydrogen (secondary N) is 2. The number of nitro groups is 1. The summed E-state index contributed by atoms with van der Waals surface area (Å²) in [5.41, 5.74) is 1.53. The Morgan fingerprint density at radius 1 is 1.11 bits per heavy atom. The number of carbonyl (C=O) groups excluding carboxylic acids is 2. The van der Waals surface area contributed by atoms with Gasteiger partial charge in [-0.3, -0.25) is 19.7 Å². The fourth-order valence-corrected chi connectivity index (χ4v) is 2.69. The molecule has 0 aliphatic carbocycles. The Kier molecular flexibility index (Phi) is 6.65. The maximum Gasteiger partial charge on any atom is 0.271 e. The van der Waals surface area contributed by atoms with Gasteiger partial charge in [0.05, 0.1) is 4.92 Å². The summed E-state index contributed by atoms with van der Waals surface area (Å²) < 4.78 is 0. The van der Waals surface area contributed by atoms with Gasteiger partial charge in [-0.1, -0.05) is 38.1 Å². The zero-order valence-corrected chi connectivity index (χ0v) is 15.6. The molecule has 2 amide bonds. The molecule has 142 valence electrons. The molecule has 0 fully saturated rings. The Bertz CT molecular complexity index is 849. The van der Waals surface area contributed by atoms with E-state index < -0.39 is 16.9 Å². The molecule has 0 radical (unpaired) electrons. The van der Waals surface area contributed by atoms with Crippen molar-refractivity contribution >= 4 is 23.2 Å². The Labute approximate surface area is 157 Å². The molecule has 0 aliphatic rings. The summed E-state index contributed by atoms with van der Waals surface area (Å²) in [6.45, 7) is 5.73. The lowest BCUT2D eigenvalue weighted by molar-refractivity contribution is -0.384. The Hall–Kier alpha value is -3.22. The molecule has 1 atom stereocenters. The number of rotatable bonds is 7. The number of anilines is 1. The van der Waals surface area contributed by atoms with Crippen LogP contribution >= 0.6 is 0 Å². The van der Waals surface area contributed by atoms with Crippen LogP contribution in [-0.2, 0) is 4.79 Å². The highest BCUT2D eigenvalue weighted by molar-refractivity contribution is 6.01. The predicted molar refractivity (Wildman–Crippen MR) is 104 cm³/mol. The van der Waals surface area contributed by atoms with E-state index in [1.807, 2.05) is 32.9 Å². The number of hydrogen-bond donors (Lipinski definition) is 2. The molecule has 0 aliphatic heterocycles. The van der Waals surface area contributed by atoms with Crippen LogP contribution in [0.25, 0.3) is 0 Å². The molecular weight excluding hydrogens is 346 g/mol. The minimum absolute atomic E-state index is 0.114. The van der Waals surface area contributed by atoms with Crippen molar-refractivity contribution < 1.29 is 14.5 Å². The predicted octanol–water partition coefficient (Wildman–Crippen LogP) is 3.69. The molecule has 0 spiro atoms. The van der Waals surface area contributed by atoms with Gasteiger partial charge in [0.2, 0.25) is 5.91 Å². The Morgan fingerprint density at radius 2 is 1.81 bits per heavy atom. The molecule has 27 heavy (non-hydrogen) atoms. The summed E-state index contributed by atoms with van der Waals surface area (Å²) in [5, 5.41) is 16.3. The number of aryl methyl sites for hydroxylation is 1. The smallest absolute Gasteiger partial charge is 0.271 e. The first-order valence-electron chi connectivity index (χ1n) is 8.69. The summed E-state index contributed by atoms with van der Waals surface area (Å²) in [6, 6.07) is 12.1. The van der Waals surface area contributed by atoms with E-state index in [0.29, 0.717) is 17.7 Å². The first-order valence-corrected chi connectivity index (χ1v) is 8.69. The summed E-state index contributed by atoms with van der Waals surface area (Å²) in [5.74, 6) is -0.567. The third-order valence-corrected chi connectivity index (χ3v) is 4.04. The van der Waals surface area contributed by atoms with Crippen LogP contribution < -0.4 is 10.6 Å². The monoisotopic (exact) mass is 369 g/mol. The van der Waals surface area contributed by atoms with E-state index in [1.165, 1.54) is 18.2 Å². The van der Waals surface area contributed by atoms with Crippen LogP contribution in [0.2, 0.25) is 0 Å². The normalized spacial score (nSPS) is 11.7. The highest BCUT2D eigenvalue weighted by Gasteiger charge is 2.23. The van der Waals surface area contributed by atoms with Crippen LogP contribution in [0.5, 0.6) is 0 Å². The molecule has 2 aromatic carbocycles. The third-order valence-electron chi connectivity index (χ3n) is 4.04. The minimum Gasteiger partial charge on any atom is -0.340 e. The van der Waals surface area contributed by atoms with Crippen molar-refractivity contribution in [2.75, 3.05) is 5.32 Å². The highest BCUT2D eigenvalue weighted by Crippen LogP contribution is 2.18. The molecule has 2 N–H and O–H groups in total. The number of carbonyl (C=O) groups is 2. The topological polar surface area (TPSA) is 101 Å². The lowest BCUT2D eigenvalue weighted by Crippen LogP contribution is -2.44. The van der Waals surface area contributed by atoms with Crippen LogP contribution in [-0.4, -0.2) is 22.8 Å². The number of benzene rings is 2. The SMILES string of the molecule is Cc1ccccc1C(=O)N[C@@H](CC(C)C)C(=O)Nc1cccc([N+](=O)[O-])c1. The number of hydrogen-bond acceptors (Lipinski definition) is 4. The standard InChI is InChI=1S/C20H23N3O4/c1-13(2)11-18(22-19(24)17-10-5-4-7-14(17)3)20(25)21-15-8-6-9-16(12-15)23(26)27/h4-10,12-13,18H,11H2,1-3H3,(H,21,25)(H,22,24)/t18-/m0/s1. The molecular formula is C20H23N3O4. The number of nitro benzene ring substituents is 1. The average molecular weight is 369 g/mol. The van der Waals surface area contributed by atoms with E-state index in [9.17, 15) is 19.7 Å². The van der Waals surface area contributed by atoms with Crippen molar-refractivity contribution in [2.45, 2.75) is 33.2 Å². The Morgan fingerprint density at radius 3 is 2.44 bits per heavy atom. The fourth-order valence-electron chi connectivity index (χ4n) is 2.69. The summed E-state index contributed by atoms with van der Waals surface area (Å²) in [7, 11) is 0. The van der Waals surface area contributed by atoms with Crippen molar-refractivity contribution in [1.29, 1.82) is 0 Å². The van der Waals surface area contributed by atoms with Crippen molar-refractivity contribution in [3.05, 3.63) is 69.8 Å². The minimum atomic E-state index is -0.753. The first kappa shape index (κ1) is 20.1. The van der Waals surface area contributed by atoms with Gasteiger partial charge in [-0.25, -0.2) is 0 Å².